The van der Waals surface area contributed by atoms with Crippen LogP contribution in [0.2, 0.25) is 0 Å². The number of nitrogens with zero attached hydrogens (tertiary/aromatic N) is 3. The van der Waals surface area contributed by atoms with Crippen LogP contribution in [0.5, 0.6) is 0 Å². The Bertz CT molecular complexity index is 3140. The molecular formula is C46H27N3OS. The standard InChI is InChI=1S/C46H27N3OS/c1-3-13-28(14-4-1)37-27-38(48-46(47-37)36-21-12-24-41-42(36)35-18-8-10-23-40(35)50-41)34-20-11-19-32-33-26-25-31-30-17-7-9-22-39(30)49(29-15-5-2-6-16-29)43(31)45(33)51-44(32)34/h1-27H. The summed E-state index contributed by atoms with van der Waals surface area (Å²) in [4.78, 5) is 10.6. The molecule has 4 aromatic heterocycles. The number of thiophene rings is 1. The van der Waals surface area contributed by atoms with E-state index in [9.17, 15) is 0 Å². The maximum absolute atomic E-state index is 6.28. The predicted octanol–water partition coefficient (Wildman–Crippen LogP) is 12.8. The SMILES string of the molecule is c1ccc(-c2cc(-c3cccc4c3sc3c4ccc4c5ccccc5n(-c5ccccc5)c43)nc(-c3cccc4oc5ccccc5c34)n2)cc1. The molecule has 0 unspecified atom stereocenters. The minimum absolute atomic E-state index is 0.674. The zero-order valence-electron chi connectivity index (χ0n) is 27.2. The Morgan fingerprint density at radius 1 is 0.471 bits per heavy atom. The quantitative estimate of drug-likeness (QED) is 0.187. The number of fused-ring (bicyclic) bond motifs is 10. The van der Waals surface area contributed by atoms with E-state index in [1.165, 1.54) is 42.0 Å². The van der Waals surface area contributed by atoms with E-state index in [0.717, 1.165) is 55.7 Å². The number of hydrogen-bond acceptors (Lipinski definition) is 4. The molecule has 0 N–H and O–H groups in total. The molecule has 11 aromatic rings. The highest BCUT2D eigenvalue weighted by molar-refractivity contribution is 7.27. The van der Waals surface area contributed by atoms with E-state index >= 15 is 0 Å². The third-order valence-electron chi connectivity index (χ3n) is 10.0. The van der Waals surface area contributed by atoms with Crippen molar-refractivity contribution in [1.29, 1.82) is 0 Å². The Labute approximate surface area is 296 Å². The molecule has 0 spiro atoms. The highest BCUT2D eigenvalue weighted by Crippen LogP contribution is 2.46. The van der Waals surface area contributed by atoms with Crippen LogP contribution >= 0.6 is 11.3 Å². The third-order valence-corrected chi connectivity index (χ3v) is 11.3. The van der Waals surface area contributed by atoms with Gasteiger partial charge in [0.05, 0.1) is 27.1 Å². The lowest BCUT2D eigenvalue weighted by molar-refractivity contribution is 0.669. The summed E-state index contributed by atoms with van der Waals surface area (Å²) < 4.78 is 11.2. The van der Waals surface area contributed by atoms with Gasteiger partial charge in [-0.3, -0.25) is 0 Å². The van der Waals surface area contributed by atoms with Crippen molar-refractivity contribution in [3.8, 4) is 39.6 Å². The normalized spacial score (nSPS) is 11.9. The summed E-state index contributed by atoms with van der Waals surface area (Å²) in [7, 11) is 0. The first kappa shape index (κ1) is 28.3. The number of aromatic nitrogens is 3. The number of hydrogen-bond donors (Lipinski definition) is 0. The van der Waals surface area contributed by atoms with Crippen LogP contribution in [0.1, 0.15) is 0 Å². The molecule has 0 saturated heterocycles. The van der Waals surface area contributed by atoms with Gasteiger partial charge >= 0.3 is 0 Å². The topological polar surface area (TPSA) is 43.9 Å². The predicted molar refractivity (Wildman–Crippen MR) is 213 cm³/mol. The molecular weight excluding hydrogens is 643 g/mol. The Kier molecular flexibility index (Phi) is 6.09. The van der Waals surface area contributed by atoms with Gasteiger partial charge in [0.15, 0.2) is 5.82 Å². The largest absolute Gasteiger partial charge is 0.456 e. The Hall–Kier alpha value is -6.56. The molecule has 4 heterocycles. The Balaban J connectivity index is 1.21. The van der Waals surface area contributed by atoms with E-state index in [2.05, 4.69) is 138 Å². The lowest BCUT2D eigenvalue weighted by atomic mass is 10.0. The first-order valence-electron chi connectivity index (χ1n) is 17.1. The maximum atomic E-state index is 6.28. The molecule has 0 aliphatic carbocycles. The second kappa shape index (κ2) is 11.0. The molecule has 4 nitrogen and oxygen atoms in total. The van der Waals surface area contributed by atoms with E-state index in [1.807, 2.05) is 41.7 Å². The second-order valence-corrected chi connectivity index (χ2v) is 13.9. The molecule has 0 amide bonds. The van der Waals surface area contributed by atoms with Crippen molar-refractivity contribution in [2.75, 3.05) is 0 Å². The van der Waals surface area contributed by atoms with E-state index in [4.69, 9.17) is 14.4 Å². The fraction of sp³-hybridized carbons (Fsp3) is 0. The van der Waals surface area contributed by atoms with E-state index < -0.39 is 0 Å². The highest BCUT2D eigenvalue weighted by atomic mass is 32.1. The van der Waals surface area contributed by atoms with Gasteiger partial charge < -0.3 is 8.98 Å². The van der Waals surface area contributed by atoms with E-state index in [1.54, 1.807) is 0 Å². The molecule has 0 fully saturated rings. The molecule has 0 aliphatic heterocycles. The number of furan rings is 1. The average Bonchev–Trinajstić information content (AvgIpc) is 3.88. The first-order valence-corrected chi connectivity index (χ1v) is 17.9. The molecule has 238 valence electrons. The third kappa shape index (κ3) is 4.25. The van der Waals surface area contributed by atoms with Crippen molar-refractivity contribution in [2.45, 2.75) is 0 Å². The van der Waals surface area contributed by atoms with Gasteiger partial charge in [0.1, 0.15) is 11.2 Å². The molecule has 51 heavy (non-hydrogen) atoms. The van der Waals surface area contributed by atoms with E-state index in [-0.39, 0.29) is 0 Å². The summed E-state index contributed by atoms with van der Waals surface area (Å²) >= 11 is 1.85. The fourth-order valence-electron chi connectivity index (χ4n) is 7.77. The number of rotatable bonds is 4. The van der Waals surface area contributed by atoms with Crippen molar-refractivity contribution in [1.82, 2.24) is 14.5 Å². The van der Waals surface area contributed by atoms with Crippen LogP contribution in [0.4, 0.5) is 0 Å². The van der Waals surface area contributed by atoms with Gasteiger partial charge in [-0.25, -0.2) is 9.97 Å². The zero-order valence-corrected chi connectivity index (χ0v) is 28.1. The molecule has 5 heteroatoms. The van der Waals surface area contributed by atoms with Gasteiger partial charge in [0.2, 0.25) is 0 Å². The smallest absolute Gasteiger partial charge is 0.161 e. The monoisotopic (exact) mass is 669 g/mol. The molecule has 7 aromatic carbocycles. The second-order valence-electron chi connectivity index (χ2n) is 12.9. The van der Waals surface area contributed by atoms with E-state index in [0.29, 0.717) is 5.82 Å². The minimum atomic E-state index is 0.674. The van der Waals surface area contributed by atoms with Crippen molar-refractivity contribution < 1.29 is 4.42 Å². The summed E-state index contributed by atoms with van der Waals surface area (Å²) in [5.74, 6) is 0.674. The van der Waals surface area contributed by atoms with Crippen LogP contribution in [-0.4, -0.2) is 14.5 Å². The number of benzene rings is 7. The van der Waals surface area contributed by atoms with Crippen molar-refractivity contribution in [3.63, 3.8) is 0 Å². The van der Waals surface area contributed by atoms with Crippen molar-refractivity contribution in [3.05, 3.63) is 164 Å². The van der Waals surface area contributed by atoms with Gasteiger partial charge in [-0.05, 0) is 36.4 Å². The summed E-state index contributed by atoms with van der Waals surface area (Å²) in [5, 5.41) is 7.07. The van der Waals surface area contributed by atoms with Crippen LogP contribution in [0.3, 0.4) is 0 Å². The summed E-state index contributed by atoms with van der Waals surface area (Å²) in [6, 6.07) is 57.5. The molecule has 11 rings (SSSR count). The summed E-state index contributed by atoms with van der Waals surface area (Å²) in [6.45, 7) is 0. The zero-order chi connectivity index (χ0) is 33.5. The number of para-hydroxylation sites is 3. The molecule has 0 atom stereocenters. The minimum Gasteiger partial charge on any atom is -0.456 e. The van der Waals surface area contributed by atoms with Crippen LogP contribution in [0, 0.1) is 0 Å². The maximum Gasteiger partial charge on any atom is 0.161 e. The average molecular weight is 670 g/mol. The van der Waals surface area contributed by atoms with Crippen LogP contribution in [-0.2, 0) is 0 Å². The molecule has 0 aliphatic rings. The van der Waals surface area contributed by atoms with Gasteiger partial charge in [0.25, 0.3) is 0 Å². The summed E-state index contributed by atoms with van der Waals surface area (Å²) in [6.07, 6.45) is 0. The molecule has 0 bridgehead atoms. The molecule has 0 saturated carbocycles. The Morgan fingerprint density at radius 2 is 1.12 bits per heavy atom. The van der Waals surface area contributed by atoms with Gasteiger partial charge in [-0.2, -0.15) is 0 Å². The van der Waals surface area contributed by atoms with Gasteiger partial charge in [-0.1, -0.05) is 127 Å². The van der Waals surface area contributed by atoms with Crippen molar-refractivity contribution in [2.24, 2.45) is 0 Å². The van der Waals surface area contributed by atoms with Crippen molar-refractivity contribution >= 4 is 75.3 Å². The highest BCUT2D eigenvalue weighted by Gasteiger charge is 2.21. The first-order chi connectivity index (χ1) is 25.3. The van der Waals surface area contributed by atoms with Gasteiger partial charge in [-0.15, -0.1) is 11.3 Å². The lowest BCUT2D eigenvalue weighted by Crippen LogP contribution is -1.96. The fourth-order valence-corrected chi connectivity index (χ4v) is 9.13. The lowest BCUT2D eigenvalue weighted by Gasteiger charge is -2.11. The molecule has 0 radical (unpaired) electrons. The van der Waals surface area contributed by atoms with Crippen LogP contribution < -0.4 is 0 Å². The Morgan fingerprint density at radius 3 is 2.00 bits per heavy atom. The van der Waals surface area contributed by atoms with Crippen LogP contribution in [0.25, 0.3) is 104 Å². The van der Waals surface area contributed by atoms with Gasteiger partial charge in [0, 0.05) is 59.4 Å². The van der Waals surface area contributed by atoms with Crippen LogP contribution in [0.15, 0.2) is 168 Å². The summed E-state index contributed by atoms with van der Waals surface area (Å²) in [5.41, 5.74) is 10.1.